The molecule has 1 rings (SSSR count). The molecule has 0 spiro atoms. The summed E-state index contributed by atoms with van der Waals surface area (Å²) in [5.41, 5.74) is -0.284. The van der Waals surface area contributed by atoms with Gasteiger partial charge in [0.15, 0.2) is 0 Å². The van der Waals surface area contributed by atoms with Crippen molar-refractivity contribution in [2.75, 3.05) is 27.4 Å². The first-order valence-electron chi connectivity index (χ1n) is 8.07. The number of carbonyl (C=O) groups excluding carboxylic acids is 3. The third-order valence-corrected chi connectivity index (χ3v) is 3.63. The van der Waals surface area contributed by atoms with E-state index in [4.69, 9.17) is 4.74 Å². The first-order chi connectivity index (χ1) is 12.5. The van der Waals surface area contributed by atoms with Crippen molar-refractivity contribution in [1.82, 2.24) is 4.90 Å². The van der Waals surface area contributed by atoms with Crippen LogP contribution < -0.4 is 0 Å². The van der Waals surface area contributed by atoms with Crippen LogP contribution in [0.4, 0.5) is 0 Å². The van der Waals surface area contributed by atoms with Gasteiger partial charge in [0.05, 0.1) is 26.4 Å². The van der Waals surface area contributed by atoms with Gasteiger partial charge in [0.1, 0.15) is 11.6 Å². The van der Waals surface area contributed by atoms with E-state index in [0.717, 1.165) is 33.1 Å². The molecule has 26 heavy (non-hydrogen) atoms. The molecule has 1 aliphatic heterocycles. The smallest absolute Gasteiger partial charge is 0.345 e. The standard InChI is InChI=1S/C18H22N2O6/c1-4-26-16(21)8-7-14-6-5-9-20(14)12-13(11-19)10-15(17(22)24-2)18(23)25-3/h7-8,10,12,14H,4-6,9H2,1-3H3/b8-7+,13-12-/t14-/m0/s1. The SMILES string of the molecule is CCOC(=O)/C=C/[C@@H]1CCCN1/C=C(\C#N)C=C(C(=O)OC)C(=O)OC. The number of nitrogens with zero attached hydrogens (tertiary/aromatic N) is 2. The maximum Gasteiger partial charge on any atom is 0.345 e. The van der Waals surface area contributed by atoms with E-state index < -0.39 is 17.9 Å². The molecule has 1 saturated heterocycles. The first-order valence-corrected chi connectivity index (χ1v) is 8.07. The van der Waals surface area contributed by atoms with Gasteiger partial charge >= 0.3 is 17.9 Å². The van der Waals surface area contributed by atoms with Gasteiger partial charge < -0.3 is 19.1 Å². The number of hydrogen-bond acceptors (Lipinski definition) is 8. The van der Waals surface area contributed by atoms with E-state index in [1.54, 1.807) is 19.2 Å². The van der Waals surface area contributed by atoms with Crippen molar-refractivity contribution in [2.45, 2.75) is 25.8 Å². The van der Waals surface area contributed by atoms with E-state index >= 15 is 0 Å². The topological polar surface area (TPSA) is 106 Å². The Hall–Kier alpha value is -3.08. The second kappa shape index (κ2) is 10.7. The molecule has 140 valence electrons. The van der Waals surface area contributed by atoms with Gasteiger partial charge in [-0.05, 0) is 25.8 Å². The van der Waals surface area contributed by atoms with Gasteiger partial charge in [-0.25, -0.2) is 14.4 Å². The van der Waals surface area contributed by atoms with Gasteiger partial charge in [0.25, 0.3) is 0 Å². The molecule has 0 saturated carbocycles. The van der Waals surface area contributed by atoms with E-state index in [2.05, 4.69) is 9.47 Å². The van der Waals surface area contributed by atoms with Crippen LogP contribution in [0, 0.1) is 11.3 Å². The number of esters is 3. The monoisotopic (exact) mass is 362 g/mol. The molecule has 0 aromatic rings. The molecule has 1 fully saturated rings. The maximum absolute atomic E-state index is 11.7. The number of allylic oxidation sites excluding steroid dienone is 2. The number of nitriles is 1. The van der Waals surface area contributed by atoms with Crippen LogP contribution in [-0.4, -0.2) is 56.2 Å². The highest BCUT2D eigenvalue weighted by Crippen LogP contribution is 2.20. The van der Waals surface area contributed by atoms with Crippen molar-refractivity contribution in [1.29, 1.82) is 5.26 Å². The Morgan fingerprint density at radius 3 is 2.42 bits per heavy atom. The van der Waals surface area contributed by atoms with Crippen LogP contribution in [0.15, 0.2) is 35.6 Å². The second-order valence-electron chi connectivity index (χ2n) is 5.30. The fourth-order valence-electron chi connectivity index (χ4n) is 2.42. The van der Waals surface area contributed by atoms with Crippen molar-refractivity contribution in [3.8, 4) is 6.07 Å². The minimum absolute atomic E-state index is 0.0872. The zero-order valence-corrected chi connectivity index (χ0v) is 15.1. The molecule has 0 radical (unpaired) electrons. The van der Waals surface area contributed by atoms with Crippen molar-refractivity contribution in [3.63, 3.8) is 0 Å². The highest BCUT2D eigenvalue weighted by molar-refractivity contribution is 6.14. The number of carbonyl (C=O) groups is 3. The van der Waals surface area contributed by atoms with E-state index in [1.807, 2.05) is 11.0 Å². The van der Waals surface area contributed by atoms with Crippen LogP contribution in [0.3, 0.4) is 0 Å². The third kappa shape index (κ3) is 6.09. The molecule has 0 aromatic heterocycles. The Balaban J connectivity index is 3.03. The molecule has 0 aliphatic carbocycles. The van der Waals surface area contributed by atoms with Gasteiger partial charge in [-0.15, -0.1) is 0 Å². The van der Waals surface area contributed by atoms with E-state index in [0.29, 0.717) is 13.2 Å². The fraction of sp³-hybridized carbons (Fsp3) is 0.444. The fourth-order valence-corrected chi connectivity index (χ4v) is 2.42. The summed E-state index contributed by atoms with van der Waals surface area (Å²) in [4.78, 5) is 36.7. The van der Waals surface area contributed by atoms with Crippen LogP contribution in [0.5, 0.6) is 0 Å². The van der Waals surface area contributed by atoms with Crippen LogP contribution in [0.1, 0.15) is 19.8 Å². The Morgan fingerprint density at radius 1 is 1.23 bits per heavy atom. The summed E-state index contributed by atoms with van der Waals surface area (Å²) in [5.74, 6) is -2.21. The van der Waals surface area contributed by atoms with Crippen LogP contribution in [-0.2, 0) is 28.6 Å². The molecule has 0 N–H and O–H groups in total. The predicted molar refractivity (Wildman–Crippen MR) is 91.3 cm³/mol. The average Bonchev–Trinajstić information content (AvgIpc) is 3.09. The molecule has 8 heteroatoms. The Labute approximate surface area is 152 Å². The highest BCUT2D eigenvalue weighted by atomic mass is 16.5. The lowest BCUT2D eigenvalue weighted by molar-refractivity contribution is -0.144. The number of methoxy groups -OCH3 is 2. The molecule has 0 aromatic carbocycles. The molecule has 8 nitrogen and oxygen atoms in total. The quantitative estimate of drug-likeness (QED) is 0.127. The lowest BCUT2D eigenvalue weighted by Crippen LogP contribution is -2.23. The second-order valence-corrected chi connectivity index (χ2v) is 5.30. The molecule has 0 amide bonds. The Bertz CT molecular complexity index is 654. The maximum atomic E-state index is 11.7. The van der Waals surface area contributed by atoms with Crippen molar-refractivity contribution in [3.05, 3.63) is 35.6 Å². The zero-order chi connectivity index (χ0) is 19.5. The Morgan fingerprint density at radius 2 is 1.88 bits per heavy atom. The van der Waals surface area contributed by atoms with Crippen LogP contribution in [0.25, 0.3) is 0 Å². The van der Waals surface area contributed by atoms with Crippen molar-refractivity contribution >= 4 is 17.9 Å². The van der Waals surface area contributed by atoms with E-state index in [-0.39, 0.29) is 17.2 Å². The first kappa shape index (κ1) is 21.0. The predicted octanol–water partition coefficient (Wildman–Crippen LogP) is 1.25. The summed E-state index contributed by atoms with van der Waals surface area (Å²) in [7, 11) is 2.26. The normalized spacial score (nSPS) is 16.8. The molecule has 0 bridgehead atoms. The average molecular weight is 362 g/mol. The number of likely N-dealkylation sites (tertiary alicyclic amines) is 1. The molecule has 1 aliphatic rings. The Kier molecular flexibility index (Phi) is 8.64. The summed E-state index contributed by atoms with van der Waals surface area (Å²) in [5, 5.41) is 9.33. The third-order valence-electron chi connectivity index (χ3n) is 3.63. The minimum atomic E-state index is -0.891. The van der Waals surface area contributed by atoms with Gasteiger partial charge in [-0.1, -0.05) is 6.08 Å². The van der Waals surface area contributed by atoms with Crippen LogP contribution >= 0.6 is 0 Å². The summed E-state index contributed by atoms with van der Waals surface area (Å²) in [6.07, 6.45) is 7.41. The van der Waals surface area contributed by atoms with Crippen molar-refractivity contribution in [2.24, 2.45) is 0 Å². The van der Waals surface area contributed by atoms with Gasteiger partial charge in [-0.2, -0.15) is 5.26 Å². The zero-order valence-electron chi connectivity index (χ0n) is 15.1. The summed E-state index contributed by atoms with van der Waals surface area (Å²) >= 11 is 0. The molecular weight excluding hydrogens is 340 g/mol. The van der Waals surface area contributed by atoms with Gasteiger partial charge in [0, 0.05) is 24.9 Å². The number of hydrogen-bond donors (Lipinski definition) is 0. The molecular formula is C18H22N2O6. The summed E-state index contributed by atoms with van der Waals surface area (Å²) < 4.78 is 13.9. The van der Waals surface area contributed by atoms with Gasteiger partial charge in [0.2, 0.25) is 0 Å². The summed E-state index contributed by atoms with van der Waals surface area (Å²) in [6.45, 7) is 2.69. The largest absolute Gasteiger partial charge is 0.465 e. The molecule has 0 unspecified atom stereocenters. The van der Waals surface area contributed by atoms with E-state index in [9.17, 15) is 19.6 Å². The highest BCUT2D eigenvalue weighted by Gasteiger charge is 2.23. The molecule has 1 heterocycles. The van der Waals surface area contributed by atoms with Crippen molar-refractivity contribution < 1.29 is 28.6 Å². The number of rotatable bonds is 7. The molecule has 1 atom stereocenters. The number of ether oxygens (including phenoxy) is 3. The van der Waals surface area contributed by atoms with Gasteiger partial charge in [-0.3, -0.25) is 0 Å². The van der Waals surface area contributed by atoms with Crippen LogP contribution in [0.2, 0.25) is 0 Å². The van der Waals surface area contributed by atoms with E-state index in [1.165, 1.54) is 6.08 Å². The summed E-state index contributed by atoms with van der Waals surface area (Å²) in [6, 6.07) is 1.85. The lowest BCUT2D eigenvalue weighted by atomic mass is 10.1. The lowest BCUT2D eigenvalue weighted by Gasteiger charge is -2.19. The minimum Gasteiger partial charge on any atom is -0.465 e.